The van der Waals surface area contributed by atoms with Gasteiger partial charge in [-0.2, -0.15) is 13.2 Å². The van der Waals surface area contributed by atoms with Crippen molar-refractivity contribution in [1.82, 2.24) is 19.7 Å². The first-order valence-electron chi connectivity index (χ1n) is 9.88. The van der Waals surface area contributed by atoms with Crippen LogP contribution in [0.4, 0.5) is 18.9 Å². The molecule has 11 heteroatoms. The van der Waals surface area contributed by atoms with Crippen LogP contribution in [0.2, 0.25) is 0 Å². The normalized spacial score (nSPS) is 11.3. The molecule has 3 rings (SSSR count). The van der Waals surface area contributed by atoms with Crippen molar-refractivity contribution in [2.75, 3.05) is 24.7 Å². The minimum absolute atomic E-state index is 0.0209. The Kier molecular flexibility index (Phi) is 7.42. The predicted molar refractivity (Wildman–Crippen MR) is 119 cm³/mol. The van der Waals surface area contributed by atoms with Gasteiger partial charge in [-0.15, -0.1) is 10.2 Å². The molecule has 0 atom stereocenters. The van der Waals surface area contributed by atoms with E-state index in [1.807, 2.05) is 35.8 Å². The van der Waals surface area contributed by atoms with Gasteiger partial charge in [-0.25, -0.2) is 0 Å². The number of nitrogens with zero attached hydrogens (tertiary/aromatic N) is 4. The Morgan fingerprint density at radius 2 is 1.73 bits per heavy atom. The topological polar surface area (TPSA) is 80.1 Å². The van der Waals surface area contributed by atoms with Crippen LogP contribution in [0.5, 0.6) is 0 Å². The van der Waals surface area contributed by atoms with Crippen molar-refractivity contribution in [3.63, 3.8) is 0 Å². The second kappa shape index (κ2) is 10.1. The average molecular weight is 478 g/mol. The fourth-order valence-corrected chi connectivity index (χ4v) is 4.03. The molecule has 1 heterocycles. The predicted octanol–water partition coefficient (Wildman–Crippen LogP) is 4.09. The fourth-order valence-electron chi connectivity index (χ4n) is 3.10. The Morgan fingerprint density at radius 3 is 2.42 bits per heavy atom. The molecule has 0 fully saturated rings. The number of para-hydroxylation sites is 2. The Morgan fingerprint density at radius 1 is 1.06 bits per heavy atom. The van der Waals surface area contributed by atoms with E-state index in [0.717, 1.165) is 34.0 Å². The lowest BCUT2D eigenvalue weighted by molar-refractivity contribution is -0.137. The van der Waals surface area contributed by atoms with Crippen LogP contribution in [0, 0.1) is 13.8 Å². The van der Waals surface area contributed by atoms with Gasteiger partial charge in [-0.05, 0) is 37.6 Å². The number of thioether (sulfide) groups is 1. The van der Waals surface area contributed by atoms with Gasteiger partial charge < -0.3 is 10.2 Å². The lowest BCUT2D eigenvalue weighted by atomic mass is 10.1. The average Bonchev–Trinajstić information content (AvgIpc) is 3.12. The van der Waals surface area contributed by atoms with Crippen molar-refractivity contribution in [2.24, 2.45) is 0 Å². The number of aromatic nitrogens is 3. The van der Waals surface area contributed by atoms with Gasteiger partial charge in [0.2, 0.25) is 11.8 Å². The second-order valence-corrected chi connectivity index (χ2v) is 8.22. The number of likely N-dealkylation sites (N-methyl/N-ethyl adjacent to an activating group) is 1. The molecule has 2 amide bonds. The highest BCUT2D eigenvalue weighted by atomic mass is 32.2. The second-order valence-electron chi connectivity index (χ2n) is 7.28. The Balaban J connectivity index is 1.62. The quantitative estimate of drug-likeness (QED) is 0.519. The van der Waals surface area contributed by atoms with Crippen LogP contribution in [-0.4, -0.2) is 50.8 Å². The number of anilines is 1. The number of hydrogen-bond donors (Lipinski definition) is 1. The van der Waals surface area contributed by atoms with Gasteiger partial charge in [0.25, 0.3) is 0 Å². The third kappa shape index (κ3) is 5.92. The highest BCUT2D eigenvalue weighted by molar-refractivity contribution is 7.99. The van der Waals surface area contributed by atoms with E-state index in [0.29, 0.717) is 11.0 Å². The Bertz CT molecular complexity index is 1160. The number of rotatable bonds is 7. The molecule has 0 radical (unpaired) electrons. The van der Waals surface area contributed by atoms with Gasteiger partial charge in [0, 0.05) is 7.05 Å². The Labute approximate surface area is 193 Å². The number of halogens is 3. The van der Waals surface area contributed by atoms with Gasteiger partial charge in [0.1, 0.15) is 5.82 Å². The molecule has 0 aliphatic rings. The van der Waals surface area contributed by atoms with Crippen molar-refractivity contribution in [2.45, 2.75) is 25.2 Å². The highest BCUT2D eigenvalue weighted by Gasteiger charge is 2.33. The number of nitrogens with one attached hydrogen (secondary N) is 1. The van der Waals surface area contributed by atoms with Crippen LogP contribution in [0.25, 0.3) is 5.69 Å². The number of alkyl halides is 3. The molecule has 7 nitrogen and oxygen atoms in total. The van der Waals surface area contributed by atoms with Crippen LogP contribution in [0.1, 0.15) is 17.0 Å². The molecule has 0 bridgehead atoms. The number of carbonyl (C=O) groups is 2. The number of amides is 2. The maximum absolute atomic E-state index is 13.1. The molecule has 0 saturated carbocycles. The van der Waals surface area contributed by atoms with Crippen LogP contribution in [0.15, 0.2) is 53.7 Å². The number of carbonyl (C=O) groups excluding carboxylic acids is 2. The third-order valence-corrected chi connectivity index (χ3v) is 5.70. The van der Waals surface area contributed by atoms with Crippen molar-refractivity contribution in [1.29, 1.82) is 0 Å². The first-order chi connectivity index (χ1) is 15.6. The third-order valence-electron chi connectivity index (χ3n) is 4.79. The molecule has 0 aliphatic heterocycles. The van der Waals surface area contributed by atoms with Gasteiger partial charge in [0.05, 0.1) is 29.2 Å². The molecule has 0 spiro atoms. The summed E-state index contributed by atoms with van der Waals surface area (Å²) in [7, 11) is 1.41. The van der Waals surface area contributed by atoms with Crippen LogP contribution in [-0.2, 0) is 15.8 Å². The molecule has 3 aromatic rings. The van der Waals surface area contributed by atoms with Crippen molar-refractivity contribution in [3.8, 4) is 5.69 Å². The molecule has 2 aromatic carbocycles. The van der Waals surface area contributed by atoms with E-state index in [2.05, 4.69) is 15.5 Å². The smallest absolute Gasteiger partial charge is 0.336 e. The summed E-state index contributed by atoms with van der Waals surface area (Å²) in [5, 5.41) is 11.0. The summed E-state index contributed by atoms with van der Waals surface area (Å²) in [6.07, 6.45) is -4.60. The monoisotopic (exact) mass is 477 g/mol. The number of benzene rings is 2. The minimum Gasteiger partial charge on any atom is -0.336 e. The zero-order valence-electron chi connectivity index (χ0n) is 18.2. The maximum Gasteiger partial charge on any atom is 0.418 e. The summed E-state index contributed by atoms with van der Waals surface area (Å²) >= 11 is 1.16. The summed E-state index contributed by atoms with van der Waals surface area (Å²) < 4.78 is 41.1. The zero-order chi connectivity index (χ0) is 24.2. The molecule has 1 N–H and O–H groups in total. The molecule has 0 saturated heterocycles. The zero-order valence-corrected chi connectivity index (χ0v) is 19.0. The van der Waals surface area contributed by atoms with E-state index in [-0.39, 0.29) is 17.3 Å². The first kappa shape index (κ1) is 24.3. The van der Waals surface area contributed by atoms with Crippen molar-refractivity contribution >= 4 is 29.3 Å². The summed E-state index contributed by atoms with van der Waals surface area (Å²) in [6, 6.07) is 12.4. The number of hydrogen-bond acceptors (Lipinski definition) is 5. The molecule has 1 aromatic heterocycles. The van der Waals surface area contributed by atoms with Gasteiger partial charge >= 0.3 is 6.18 Å². The van der Waals surface area contributed by atoms with E-state index >= 15 is 0 Å². The Hall–Kier alpha value is -3.34. The lowest BCUT2D eigenvalue weighted by Crippen LogP contribution is -2.36. The minimum atomic E-state index is -4.60. The maximum atomic E-state index is 13.1. The first-order valence-corrected chi connectivity index (χ1v) is 10.9. The molecular weight excluding hydrogens is 455 g/mol. The van der Waals surface area contributed by atoms with E-state index in [1.54, 1.807) is 6.92 Å². The van der Waals surface area contributed by atoms with E-state index in [1.165, 1.54) is 25.2 Å². The molecule has 33 heavy (non-hydrogen) atoms. The van der Waals surface area contributed by atoms with E-state index in [4.69, 9.17) is 0 Å². The van der Waals surface area contributed by atoms with Crippen molar-refractivity contribution < 1.29 is 22.8 Å². The number of aryl methyl sites for hydroxylation is 2. The van der Waals surface area contributed by atoms with Crippen LogP contribution in [0.3, 0.4) is 0 Å². The lowest BCUT2D eigenvalue weighted by Gasteiger charge is -2.18. The standard InChI is InChI=1S/C22H22F3N5O2S/c1-14-8-4-7-11-18(14)30-15(2)27-28-21(30)33-13-20(32)29(3)12-19(31)26-17-10-6-5-9-16(17)22(23,24)25/h4-11H,12-13H2,1-3H3,(H,26,31). The summed E-state index contributed by atoms with van der Waals surface area (Å²) in [5.74, 6) is -0.467. The summed E-state index contributed by atoms with van der Waals surface area (Å²) in [5.41, 5.74) is 0.605. The van der Waals surface area contributed by atoms with Crippen LogP contribution < -0.4 is 5.32 Å². The van der Waals surface area contributed by atoms with Gasteiger partial charge in [-0.3, -0.25) is 14.2 Å². The van der Waals surface area contributed by atoms with Crippen LogP contribution >= 0.6 is 11.8 Å². The fraction of sp³-hybridized carbons (Fsp3) is 0.273. The molecule has 0 aliphatic carbocycles. The largest absolute Gasteiger partial charge is 0.418 e. The summed E-state index contributed by atoms with van der Waals surface area (Å²) in [4.78, 5) is 25.9. The summed E-state index contributed by atoms with van der Waals surface area (Å²) in [6.45, 7) is 3.37. The highest BCUT2D eigenvalue weighted by Crippen LogP contribution is 2.34. The SMILES string of the molecule is Cc1ccccc1-n1c(C)nnc1SCC(=O)N(C)CC(=O)Nc1ccccc1C(F)(F)F. The van der Waals surface area contributed by atoms with Gasteiger partial charge in [-0.1, -0.05) is 42.1 Å². The van der Waals surface area contributed by atoms with Crippen molar-refractivity contribution in [3.05, 3.63) is 65.5 Å². The molecule has 174 valence electrons. The van der Waals surface area contributed by atoms with Gasteiger partial charge in [0.15, 0.2) is 5.16 Å². The van der Waals surface area contributed by atoms with E-state index in [9.17, 15) is 22.8 Å². The van der Waals surface area contributed by atoms with E-state index < -0.39 is 24.2 Å². The molecule has 0 unspecified atom stereocenters. The molecular formula is C22H22F3N5O2S.